The van der Waals surface area contributed by atoms with Crippen molar-refractivity contribution in [1.29, 1.82) is 0 Å². The summed E-state index contributed by atoms with van der Waals surface area (Å²) in [5.41, 5.74) is 2.49. The van der Waals surface area contributed by atoms with Crippen molar-refractivity contribution in [3.8, 4) is 0 Å². The van der Waals surface area contributed by atoms with E-state index < -0.39 is 0 Å². The summed E-state index contributed by atoms with van der Waals surface area (Å²) < 4.78 is 0. The van der Waals surface area contributed by atoms with Crippen LogP contribution in [0.15, 0.2) is 30.5 Å². The lowest BCUT2D eigenvalue weighted by atomic mass is 9.96. The SMILES string of the molecule is Cc1cccc(Cc2cnc(NC(=O)C3CCN(C(=O)N(C)C)CC3)s2)c1. The smallest absolute Gasteiger partial charge is 0.319 e. The number of amides is 3. The van der Waals surface area contributed by atoms with Crippen LogP contribution in [0.4, 0.5) is 9.93 Å². The van der Waals surface area contributed by atoms with Gasteiger partial charge in [0.05, 0.1) is 0 Å². The van der Waals surface area contributed by atoms with Gasteiger partial charge in [0.25, 0.3) is 0 Å². The highest BCUT2D eigenvalue weighted by atomic mass is 32.1. The molecule has 0 saturated carbocycles. The maximum atomic E-state index is 12.5. The number of carbonyl (C=O) groups excluding carboxylic acids is 2. The van der Waals surface area contributed by atoms with Crippen LogP contribution < -0.4 is 5.32 Å². The summed E-state index contributed by atoms with van der Waals surface area (Å²) in [4.78, 5) is 33.4. The molecule has 0 spiro atoms. The van der Waals surface area contributed by atoms with Gasteiger partial charge in [-0.3, -0.25) is 4.79 Å². The quantitative estimate of drug-likeness (QED) is 0.876. The lowest BCUT2D eigenvalue weighted by Crippen LogP contribution is -2.45. The molecule has 1 fully saturated rings. The molecular weight excluding hydrogens is 360 g/mol. The minimum absolute atomic E-state index is 0.00316. The number of urea groups is 1. The van der Waals surface area contributed by atoms with Gasteiger partial charge in [-0.2, -0.15) is 0 Å². The van der Waals surface area contributed by atoms with Gasteiger partial charge in [0.15, 0.2) is 5.13 Å². The van der Waals surface area contributed by atoms with Crippen LogP contribution >= 0.6 is 11.3 Å². The number of anilines is 1. The van der Waals surface area contributed by atoms with Crippen molar-refractivity contribution in [2.75, 3.05) is 32.5 Å². The van der Waals surface area contributed by atoms with Gasteiger partial charge < -0.3 is 15.1 Å². The number of thiazole rings is 1. The summed E-state index contributed by atoms with van der Waals surface area (Å²) >= 11 is 1.52. The van der Waals surface area contributed by atoms with E-state index in [2.05, 4.69) is 41.5 Å². The maximum Gasteiger partial charge on any atom is 0.319 e. The van der Waals surface area contributed by atoms with Crippen LogP contribution in [0.5, 0.6) is 0 Å². The van der Waals surface area contributed by atoms with Crippen LogP contribution in [-0.4, -0.2) is 53.9 Å². The van der Waals surface area contributed by atoms with Gasteiger partial charge in [-0.25, -0.2) is 9.78 Å². The Morgan fingerprint density at radius 1 is 1.30 bits per heavy atom. The Balaban J connectivity index is 1.52. The number of aromatic nitrogens is 1. The Labute approximate surface area is 164 Å². The molecule has 1 aliphatic heterocycles. The van der Waals surface area contributed by atoms with E-state index in [0.29, 0.717) is 31.1 Å². The molecule has 1 aromatic carbocycles. The van der Waals surface area contributed by atoms with Gasteiger partial charge in [0.1, 0.15) is 0 Å². The first-order chi connectivity index (χ1) is 12.9. The average Bonchev–Trinajstić information content (AvgIpc) is 3.08. The predicted molar refractivity (Wildman–Crippen MR) is 108 cm³/mol. The fraction of sp³-hybridized carbons (Fsp3) is 0.450. The minimum Gasteiger partial charge on any atom is -0.331 e. The highest BCUT2D eigenvalue weighted by molar-refractivity contribution is 7.15. The molecule has 1 aromatic heterocycles. The third kappa shape index (κ3) is 5.07. The van der Waals surface area contributed by atoms with Crippen molar-refractivity contribution in [2.24, 2.45) is 5.92 Å². The molecule has 3 amide bonds. The fourth-order valence-corrected chi connectivity index (χ4v) is 4.14. The van der Waals surface area contributed by atoms with Gasteiger partial charge in [-0.1, -0.05) is 29.8 Å². The van der Waals surface area contributed by atoms with Gasteiger partial charge in [-0.05, 0) is 25.3 Å². The van der Waals surface area contributed by atoms with Gasteiger partial charge in [-0.15, -0.1) is 11.3 Å². The molecule has 0 atom stereocenters. The lowest BCUT2D eigenvalue weighted by molar-refractivity contribution is -0.121. The topological polar surface area (TPSA) is 65.5 Å². The first kappa shape index (κ1) is 19.4. The summed E-state index contributed by atoms with van der Waals surface area (Å²) in [6, 6.07) is 8.42. The van der Waals surface area contributed by atoms with Crippen molar-refractivity contribution in [2.45, 2.75) is 26.2 Å². The van der Waals surface area contributed by atoms with Gasteiger partial charge in [0, 0.05) is 50.6 Å². The molecule has 1 N–H and O–H groups in total. The molecule has 0 bridgehead atoms. The van der Waals surface area contributed by atoms with Crippen LogP contribution in [0.25, 0.3) is 0 Å². The van der Waals surface area contributed by atoms with E-state index >= 15 is 0 Å². The summed E-state index contributed by atoms with van der Waals surface area (Å²) in [6.45, 7) is 3.32. The molecular formula is C20H26N4O2S. The molecule has 0 radical (unpaired) electrons. The van der Waals surface area contributed by atoms with E-state index in [4.69, 9.17) is 0 Å². The first-order valence-corrected chi connectivity index (χ1v) is 10.0. The molecule has 2 heterocycles. The second-order valence-corrected chi connectivity index (χ2v) is 8.34. The van der Waals surface area contributed by atoms with E-state index in [1.54, 1.807) is 23.9 Å². The molecule has 27 heavy (non-hydrogen) atoms. The van der Waals surface area contributed by atoms with Crippen molar-refractivity contribution in [3.05, 3.63) is 46.5 Å². The van der Waals surface area contributed by atoms with Crippen molar-refractivity contribution in [1.82, 2.24) is 14.8 Å². The third-order valence-corrected chi connectivity index (χ3v) is 5.68. The highest BCUT2D eigenvalue weighted by Gasteiger charge is 2.28. The van der Waals surface area contributed by atoms with Crippen molar-refractivity contribution >= 4 is 28.4 Å². The zero-order valence-electron chi connectivity index (χ0n) is 16.1. The number of carbonyl (C=O) groups is 2. The highest BCUT2D eigenvalue weighted by Crippen LogP contribution is 2.24. The monoisotopic (exact) mass is 386 g/mol. The van der Waals surface area contributed by atoms with Crippen LogP contribution in [0.3, 0.4) is 0 Å². The van der Waals surface area contributed by atoms with E-state index in [-0.39, 0.29) is 17.9 Å². The molecule has 2 aromatic rings. The molecule has 0 aliphatic carbocycles. The summed E-state index contributed by atoms with van der Waals surface area (Å²) in [5, 5.41) is 3.60. The number of likely N-dealkylation sites (tertiary alicyclic amines) is 1. The zero-order chi connectivity index (χ0) is 19.4. The summed E-state index contributed by atoms with van der Waals surface area (Å²) in [5.74, 6) is -0.0660. The largest absolute Gasteiger partial charge is 0.331 e. The predicted octanol–water partition coefficient (Wildman–Crippen LogP) is 3.37. The Kier molecular flexibility index (Phi) is 6.11. The Hall–Kier alpha value is -2.41. The van der Waals surface area contributed by atoms with Crippen LogP contribution in [0.2, 0.25) is 0 Å². The summed E-state index contributed by atoms with van der Waals surface area (Å²) in [6.07, 6.45) is 4.03. The number of hydrogen-bond donors (Lipinski definition) is 1. The van der Waals surface area contributed by atoms with Crippen LogP contribution in [0.1, 0.15) is 28.8 Å². The second-order valence-electron chi connectivity index (χ2n) is 7.23. The van der Waals surface area contributed by atoms with E-state index in [1.165, 1.54) is 22.5 Å². The number of nitrogens with zero attached hydrogens (tertiary/aromatic N) is 3. The molecule has 3 rings (SSSR count). The van der Waals surface area contributed by atoms with E-state index in [0.717, 1.165) is 11.3 Å². The maximum absolute atomic E-state index is 12.5. The molecule has 0 unspecified atom stereocenters. The Bertz CT molecular complexity index is 810. The number of hydrogen-bond acceptors (Lipinski definition) is 4. The molecule has 1 aliphatic rings. The second kappa shape index (κ2) is 8.52. The minimum atomic E-state index is -0.0691. The van der Waals surface area contributed by atoms with Gasteiger partial charge in [0.2, 0.25) is 5.91 Å². The average molecular weight is 387 g/mol. The van der Waals surface area contributed by atoms with Crippen molar-refractivity contribution in [3.63, 3.8) is 0 Å². The van der Waals surface area contributed by atoms with E-state index in [1.807, 2.05) is 6.20 Å². The number of rotatable bonds is 4. The zero-order valence-corrected chi connectivity index (χ0v) is 16.9. The lowest BCUT2D eigenvalue weighted by Gasteiger charge is -2.32. The summed E-state index contributed by atoms with van der Waals surface area (Å²) in [7, 11) is 3.50. The number of benzene rings is 1. The van der Waals surface area contributed by atoms with Crippen molar-refractivity contribution < 1.29 is 9.59 Å². The first-order valence-electron chi connectivity index (χ1n) is 9.19. The molecule has 144 valence electrons. The third-order valence-electron chi connectivity index (χ3n) is 4.76. The van der Waals surface area contributed by atoms with Crippen LogP contribution in [0, 0.1) is 12.8 Å². The molecule has 7 heteroatoms. The number of piperidine rings is 1. The Morgan fingerprint density at radius 3 is 2.70 bits per heavy atom. The number of aryl methyl sites for hydroxylation is 1. The van der Waals surface area contributed by atoms with Crippen LogP contribution in [-0.2, 0) is 11.2 Å². The number of nitrogens with one attached hydrogen (secondary N) is 1. The fourth-order valence-electron chi connectivity index (χ4n) is 3.29. The molecule has 6 nitrogen and oxygen atoms in total. The van der Waals surface area contributed by atoms with E-state index in [9.17, 15) is 9.59 Å². The Morgan fingerprint density at radius 2 is 2.04 bits per heavy atom. The van der Waals surface area contributed by atoms with Gasteiger partial charge >= 0.3 is 6.03 Å². The molecule has 1 saturated heterocycles. The standard InChI is InChI=1S/C20H26N4O2S/c1-14-5-4-6-15(11-14)12-17-13-21-19(27-17)22-18(25)16-7-9-24(10-8-16)20(26)23(2)3/h4-6,11,13,16H,7-10,12H2,1-3H3,(H,21,22,25). The normalized spacial score (nSPS) is 14.9.